The van der Waals surface area contributed by atoms with Crippen LogP contribution in [0.4, 0.5) is 13.2 Å². The average Bonchev–Trinajstić information content (AvgIpc) is 2.16. The summed E-state index contributed by atoms with van der Waals surface area (Å²) in [5, 5.41) is 0.700. The zero-order valence-electron chi connectivity index (χ0n) is 7.34. The molecule has 1 heterocycles. The number of halogens is 3. The standard InChI is InChI=1S/C10H5F3S2/c11-10(12,13)9-5-7(14)6-3-1-2-4-8(6)15-9/h1-5H. The lowest BCUT2D eigenvalue weighted by Crippen LogP contribution is -2.02. The average molecular weight is 246 g/mol. The molecule has 0 radical (unpaired) electrons. The molecule has 0 aliphatic heterocycles. The molecule has 0 unspecified atom stereocenters. The molecule has 0 aliphatic rings. The van der Waals surface area contributed by atoms with Crippen LogP contribution in [0, 0.1) is 4.51 Å². The summed E-state index contributed by atoms with van der Waals surface area (Å²) in [6.45, 7) is 0. The normalized spacial score (nSPS) is 11.9. The second-order valence-corrected chi connectivity index (χ2v) is 4.49. The van der Waals surface area contributed by atoms with Gasteiger partial charge in [-0.05, 0) is 12.1 Å². The van der Waals surface area contributed by atoms with Gasteiger partial charge in [-0.25, -0.2) is 0 Å². The first kappa shape index (κ1) is 10.6. The van der Waals surface area contributed by atoms with Crippen molar-refractivity contribution in [3.63, 3.8) is 0 Å². The number of hydrogen-bond acceptors (Lipinski definition) is 2. The lowest BCUT2D eigenvalue weighted by molar-refractivity contribution is -0.134. The summed E-state index contributed by atoms with van der Waals surface area (Å²) in [7, 11) is 0. The van der Waals surface area contributed by atoms with Crippen molar-refractivity contribution in [1.82, 2.24) is 0 Å². The summed E-state index contributed by atoms with van der Waals surface area (Å²) >= 11 is 5.63. The van der Waals surface area contributed by atoms with Crippen molar-refractivity contribution in [1.29, 1.82) is 0 Å². The van der Waals surface area contributed by atoms with Gasteiger partial charge in [-0.3, -0.25) is 0 Å². The molecule has 0 amide bonds. The molecule has 0 aliphatic carbocycles. The topological polar surface area (TPSA) is 0 Å². The van der Waals surface area contributed by atoms with Crippen LogP contribution in [-0.2, 0) is 6.18 Å². The largest absolute Gasteiger partial charge is 0.425 e. The third kappa shape index (κ3) is 2.03. The van der Waals surface area contributed by atoms with E-state index in [4.69, 9.17) is 12.2 Å². The fourth-order valence-electron chi connectivity index (χ4n) is 1.24. The quantitative estimate of drug-likeness (QED) is 0.610. The minimum atomic E-state index is -4.32. The highest BCUT2D eigenvalue weighted by Crippen LogP contribution is 2.35. The Bertz CT molecular complexity index is 554. The highest BCUT2D eigenvalue weighted by atomic mass is 32.1. The van der Waals surface area contributed by atoms with Gasteiger partial charge in [0.2, 0.25) is 0 Å². The van der Waals surface area contributed by atoms with Crippen molar-refractivity contribution >= 4 is 33.6 Å². The summed E-state index contributed by atoms with van der Waals surface area (Å²) in [4.78, 5) is -0.647. The van der Waals surface area contributed by atoms with Gasteiger partial charge < -0.3 is 0 Å². The van der Waals surface area contributed by atoms with Crippen LogP contribution in [0.5, 0.6) is 0 Å². The van der Waals surface area contributed by atoms with Crippen LogP contribution >= 0.6 is 23.6 Å². The molecule has 0 fully saturated rings. The van der Waals surface area contributed by atoms with E-state index in [1.165, 1.54) is 0 Å². The maximum Gasteiger partial charge on any atom is 0.425 e. The Kier molecular flexibility index (Phi) is 2.52. The Morgan fingerprint density at radius 3 is 2.47 bits per heavy atom. The van der Waals surface area contributed by atoms with Crippen LogP contribution in [0.2, 0.25) is 0 Å². The molecule has 5 heteroatoms. The molecule has 0 saturated heterocycles. The molecule has 2 rings (SSSR count). The van der Waals surface area contributed by atoms with Gasteiger partial charge in [0.25, 0.3) is 0 Å². The van der Waals surface area contributed by atoms with Gasteiger partial charge in [0.1, 0.15) is 4.88 Å². The molecular formula is C10H5F3S2. The molecule has 78 valence electrons. The van der Waals surface area contributed by atoms with E-state index in [1.807, 2.05) is 0 Å². The van der Waals surface area contributed by atoms with E-state index in [2.05, 4.69) is 0 Å². The maximum atomic E-state index is 12.5. The Balaban J connectivity index is 2.79. The molecule has 0 nitrogen and oxygen atoms in total. The fraction of sp³-hybridized carbons (Fsp3) is 0.100. The van der Waals surface area contributed by atoms with Crippen molar-refractivity contribution in [3.05, 3.63) is 39.7 Å². The van der Waals surface area contributed by atoms with Crippen LogP contribution in [0.25, 0.3) is 10.1 Å². The molecular weight excluding hydrogens is 241 g/mol. The van der Waals surface area contributed by atoms with Gasteiger partial charge in [-0.1, -0.05) is 30.4 Å². The van der Waals surface area contributed by atoms with Gasteiger partial charge in [0.15, 0.2) is 0 Å². The summed E-state index contributed by atoms with van der Waals surface area (Å²) in [6, 6.07) is 7.85. The Labute approximate surface area is 93.0 Å². The minimum absolute atomic E-state index is 0.247. The summed E-state index contributed by atoms with van der Waals surface area (Å²) < 4.78 is 38.2. The van der Waals surface area contributed by atoms with Gasteiger partial charge >= 0.3 is 6.18 Å². The lowest BCUT2D eigenvalue weighted by atomic mass is 10.2. The second kappa shape index (κ2) is 3.57. The number of benzene rings is 1. The molecule has 0 N–H and O–H groups in total. The van der Waals surface area contributed by atoms with E-state index < -0.39 is 11.1 Å². The molecule has 15 heavy (non-hydrogen) atoms. The molecule has 0 bridgehead atoms. The van der Waals surface area contributed by atoms with Crippen LogP contribution in [0.3, 0.4) is 0 Å². The molecule has 2 aromatic rings. The van der Waals surface area contributed by atoms with E-state index in [1.54, 1.807) is 24.3 Å². The number of alkyl halides is 3. The van der Waals surface area contributed by atoms with Crippen LogP contribution in [0.15, 0.2) is 30.3 Å². The van der Waals surface area contributed by atoms with E-state index in [-0.39, 0.29) is 4.51 Å². The second-order valence-electron chi connectivity index (χ2n) is 2.97. The Hall–Kier alpha value is -0.940. The first-order valence-corrected chi connectivity index (χ1v) is 5.31. The van der Waals surface area contributed by atoms with E-state index in [0.717, 1.165) is 6.07 Å². The lowest BCUT2D eigenvalue weighted by Gasteiger charge is -2.06. The van der Waals surface area contributed by atoms with Gasteiger partial charge in [-0.15, -0.1) is 11.3 Å². The predicted molar refractivity (Wildman–Crippen MR) is 57.7 cm³/mol. The first-order chi connectivity index (χ1) is 6.98. The number of fused-ring (bicyclic) bond motifs is 1. The maximum absolute atomic E-state index is 12.5. The predicted octanol–water partition coefficient (Wildman–Crippen LogP) is 4.65. The van der Waals surface area contributed by atoms with Crippen LogP contribution < -0.4 is 0 Å². The highest BCUT2D eigenvalue weighted by Gasteiger charge is 2.31. The third-order valence-corrected chi connectivity index (χ3v) is 3.40. The molecule has 1 aromatic carbocycles. The SMILES string of the molecule is FC(F)(F)c1cc(=S)c2ccccc2s1. The van der Waals surface area contributed by atoms with Crippen molar-refractivity contribution < 1.29 is 13.2 Å². The summed E-state index contributed by atoms with van der Waals surface area (Å²) in [5.41, 5.74) is 0. The fourth-order valence-corrected chi connectivity index (χ4v) is 2.64. The summed E-state index contributed by atoms with van der Waals surface area (Å²) in [6.07, 6.45) is -4.32. The van der Waals surface area contributed by atoms with Crippen molar-refractivity contribution in [2.45, 2.75) is 6.18 Å². The van der Waals surface area contributed by atoms with Gasteiger partial charge in [-0.2, -0.15) is 13.2 Å². The van der Waals surface area contributed by atoms with Gasteiger partial charge in [0.05, 0.1) is 0 Å². The molecule has 1 aromatic heterocycles. The first-order valence-electron chi connectivity index (χ1n) is 4.08. The van der Waals surface area contributed by atoms with Crippen LogP contribution in [0.1, 0.15) is 4.88 Å². The molecule has 0 atom stereocenters. The summed E-state index contributed by atoms with van der Waals surface area (Å²) in [5.74, 6) is 0. The molecule has 0 saturated carbocycles. The van der Waals surface area contributed by atoms with Gasteiger partial charge in [0, 0.05) is 14.6 Å². The van der Waals surface area contributed by atoms with Crippen LogP contribution in [-0.4, -0.2) is 0 Å². The van der Waals surface area contributed by atoms with E-state index in [0.29, 0.717) is 21.4 Å². The number of hydrogen-bond donors (Lipinski definition) is 0. The Morgan fingerprint density at radius 1 is 1.13 bits per heavy atom. The number of rotatable bonds is 0. The highest BCUT2D eigenvalue weighted by molar-refractivity contribution is 7.71. The monoisotopic (exact) mass is 246 g/mol. The zero-order valence-corrected chi connectivity index (χ0v) is 8.97. The van der Waals surface area contributed by atoms with Crippen molar-refractivity contribution in [2.24, 2.45) is 0 Å². The smallest absolute Gasteiger partial charge is 0.165 e. The minimum Gasteiger partial charge on any atom is -0.165 e. The third-order valence-electron chi connectivity index (χ3n) is 1.91. The molecule has 0 spiro atoms. The zero-order chi connectivity index (χ0) is 11.1. The van der Waals surface area contributed by atoms with Crippen molar-refractivity contribution in [3.8, 4) is 0 Å². The van der Waals surface area contributed by atoms with Crippen molar-refractivity contribution in [2.75, 3.05) is 0 Å². The van der Waals surface area contributed by atoms with E-state index in [9.17, 15) is 13.2 Å². The van der Waals surface area contributed by atoms with E-state index >= 15 is 0 Å². The Morgan fingerprint density at radius 2 is 1.80 bits per heavy atom.